The lowest BCUT2D eigenvalue weighted by molar-refractivity contribution is 0.228. The predicted octanol–water partition coefficient (Wildman–Crippen LogP) is -0.00308. The topological polar surface area (TPSA) is 76.3 Å². The molecule has 0 saturated carbocycles. The number of nitrogens with zero attached hydrogens (tertiary/aromatic N) is 3. The molecule has 0 radical (unpaired) electrons. The van der Waals surface area contributed by atoms with Gasteiger partial charge in [-0.3, -0.25) is 4.90 Å². The lowest BCUT2D eigenvalue weighted by Crippen LogP contribution is -2.32. The van der Waals surface area contributed by atoms with Gasteiger partial charge in [0.1, 0.15) is 0 Å². The molecule has 0 amide bonds. The first-order chi connectivity index (χ1) is 7.46. The molecule has 1 unspecified atom stereocenters. The molecule has 2 rings (SSSR count). The van der Waals surface area contributed by atoms with Crippen LogP contribution < -0.4 is 0 Å². The number of aromatic nitrogens is 2. The Morgan fingerprint density at radius 3 is 2.75 bits per heavy atom. The van der Waals surface area contributed by atoms with Gasteiger partial charge in [0.25, 0.3) is 0 Å². The van der Waals surface area contributed by atoms with Crippen molar-refractivity contribution in [3.63, 3.8) is 0 Å². The van der Waals surface area contributed by atoms with Crippen LogP contribution in [-0.2, 0) is 16.4 Å². The van der Waals surface area contributed by atoms with Crippen molar-refractivity contribution in [3.8, 4) is 0 Å². The number of rotatable bonds is 3. The van der Waals surface area contributed by atoms with E-state index in [2.05, 4.69) is 10.2 Å². The molecule has 1 fully saturated rings. The van der Waals surface area contributed by atoms with Gasteiger partial charge in [0.05, 0.1) is 18.1 Å². The molecule has 1 aromatic rings. The molecule has 1 saturated heterocycles. The molecule has 90 valence electrons. The van der Waals surface area contributed by atoms with Crippen molar-refractivity contribution in [2.24, 2.45) is 0 Å². The van der Waals surface area contributed by atoms with Gasteiger partial charge < -0.3 is 4.42 Å². The highest BCUT2D eigenvalue weighted by molar-refractivity contribution is 7.91. The minimum Gasteiger partial charge on any atom is -0.424 e. The second-order valence-corrected chi connectivity index (χ2v) is 6.42. The lowest BCUT2D eigenvalue weighted by Gasteiger charge is -2.20. The van der Waals surface area contributed by atoms with E-state index in [0.717, 1.165) is 0 Å². The molecule has 1 aromatic heterocycles. The van der Waals surface area contributed by atoms with E-state index in [-0.39, 0.29) is 17.5 Å². The van der Waals surface area contributed by atoms with E-state index in [0.29, 0.717) is 24.7 Å². The van der Waals surface area contributed by atoms with Crippen molar-refractivity contribution in [2.75, 3.05) is 18.6 Å². The van der Waals surface area contributed by atoms with Crippen LogP contribution >= 0.6 is 0 Å². The highest BCUT2D eigenvalue weighted by Crippen LogP contribution is 2.17. The second kappa shape index (κ2) is 4.14. The fourth-order valence-electron chi connectivity index (χ4n) is 1.87. The van der Waals surface area contributed by atoms with Crippen LogP contribution in [-0.4, -0.2) is 48.1 Å². The third-order valence-corrected chi connectivity index (χ3v) is 4.53. The van der Waals surface area contributed by atoms with Crippen LogP contribution in [0.2, 0.25) is 0 Å². The predicted molar refractivity (Wildman–Crippen MR) is 57.6 cm³/mol. The first-order valence-corrected chi connectivity index (χ1v) is 6.98. The smallest absolute Gasteiger partial charge is 0.230 e. The Morgan fingerprint density at radius 2 is 2.25 bits per heavy atom. The van der Waals surface area contributed by atoms with Gasteiger partial charge >= 0.3 is 0 Å². The van der Waals surface area contributed by atoms with Crippen LogP contribution in [0.1, 0.15) is 18.2 Å². The molecule has 16 heavy (non-hydrogen) atoms. The van der Waals surface area contributed by atoms with Crippen molar-refractivity contribution < 1.29 is 12.8 Å². The van der Waals surface area contributed by atoms with Crippen LogP contribution in [0.25, 0.3) is 0 Å². The monoisotopic (exact) mass is 245 g/mol. The summed E-state index contributed by atoms with van der Waals surface area (Å²) in [5.74, 6) is 1.58. The van der Waals surface area contributed by atoms with Crippen LogP contribution in [0.4, 0.5) is 0 Å². The Morgan fingerprint density at radius 1 is 1.50 bits per heavy atom. The number of sulfone groups is 1. The molecule has 7 heteroatoms. The van der Waals surface area contributed by atoms with Gasteiger partial charge in [-0.05, 0) is 13.5 Å². The van der Waals surface area contributed by atoms with E-state index in [1.807, 2.05) is 11.9 Å². The Kier molecular flexibility index (Phi) is 2.98. The fraction of sp³-hybridized carbons (Fsp3) is 0.778. The molecular formula is C9H15N3O3S. The van der Waals surface area contributed by atoms with Crippen LogP contribution in [0.5, 0.6) is 0 Å². The van der Waals surface area contributed by atoms with Crippen molar-refractivity contribution in [1.29, 1.82) is 0 Å². The van der Waals surface area contributed by atoms with Crippen LogP contribution in [0, 0.1) is 6.92 Å². The Balaban J connectivity index is 1.96. The number of aryl methyl sites for hydroxylation is 1. The van der Waals surface area contributed by atoms with Gasteiger partial charge in [-0.25, -0.2) is 8.42 Å². The van der Waals surface area contributed by atoms with E-state index in [1.54, 1.807) is 6.92 Å². The summed E-state index contributed by atoms with van der Waals surface area (Å²) in [5.41, 5.74) is 0. The van der Waals surface area contributed by atoms with Crippen molar-refractivity contribution in [1.82, 2.24) is 15.1 Å². The average Bonchev–Trinajstić information content (AvgIpc) is 2.72. The quantitative estimate of drug-likeness (QED) is 0.746. The summed E-state index contributed by atoms with van der Waals surface area (Å²) >= 11 is 0. The summed E-state index contributed by atoms with van der Waals surface area (Å²) in [6, 6.07) is 0.0669. The van der Waals surface area contributed by atoms with Gasteiger partial charge in [0.2, 0.25) is 11.8 Å². The fourth-order valence-corrected chi connectivity index (χ4v) is 3.67. The second-order valence-electron chi connectivity index (χ2n) is 4.19. The Labute approximate surface area is 94.6 Å². The SMILES string of the molecule is Cc1nnc(CN(C)C2CCS(=O)(=O)C2)o1. The van der Waals surface area contributed by atoms with E-state index < -0.39 is 9.84 Å². The maximum Gasteiger partial charge on any atom is 0.230 e. The molecule has 1 aliphatic heterocycles. The molecule has 0 N–H and O–H groups in total. The highest BCUT2D eigenvalue weighted by atomic mass is 32.2. The van der Waals surface area contributed by atoms with E-state index in [9.17, 15) is 8.42 Å². The summed E-state index contributed by atoms with van der Waals surface area (Å²) < 4.78 is 27.9. The largest absolute Gasteiger partial charge is 0.424 e. The molecule has 0 spiro atoms. The van der Waals surface area contributed by atoms with Gasteiger partial charge in [-0.1, -0.05) is 0 Å². The molecule has 0 aliphatic carbocycles. The number of hydrogen-bond donors (Lipinski definition) is 0. The van der Waals surface area contributed by atoms with Gasteiger partial charge in [-0.2, -0.15) is 0 Å². The summed E-state index contributed by atoms with van der Waals surface area (Å²) in [6.07, 6.45) is 0.686. The van der Waals surface area contributed by atoms with Gasteiger partial charge in [-0.15, -0.1) is 10.2 Å². The van der Waals surface area contributed by atoms with Crippen LogP contribution in [0.3, 0.4) is 0 Å². The maximum absolute atomic E-state index is 11.3. The van der Waals surface area contributed by atoms with E-state index in [4.69, 9.17) is 4.42 Å². The molecule has 0 aromatic carbocycles. The molecule has 2 heterocycles. The molecular weight excluding hydrogens is 230 g/mol. The molecule has 1 atom stereocenters. The summed E-state index contributed by atoms with van der Waals surface area (Å²) in [5, 5.41) is 7.62. The molecule has 6 nitrogen and oxygen atoms in total. The van der Waals surface area contributed by atoms with E-state index in [1.165, 1.54) is 0 Å². The first-order valence-electron chi connectivity index (χ1n) is 5.16. The minimum absolute atomic E-state index is 0.0669. The van der Waals surface area contributed by atoms with Crippen molar-refractivity contribution in [3.05, 3.63) is 11.8 Å². The Hall–Kier alpha value is -0.950. The minimum atomic E-state index is -2.84. The zero-order chi connectivity index (χ0) is 11.8. The standard InChI is InChI=1S/C9H15N3O3S/c1-7-10-11-9(15-7)5-12(2)8-3-4-16(13,14)6-8/h8H,3-6H2,1-2H3. The van der Waals surface area contributed by atoms with Gasteiger partial charge in [0, 0.05) is 13.0 Å². The summed E-state index contributed by atoms with van der Waals surface area (Å²) in [7, 11) is -0.956. The summed E-state index contributed by atoms with van der Waals surface area (Å²) in [4.78, 5) is 1.96. The van der Waals surface area contributed by atoms with E-state index >= 15 is 0 Å². The third kappa shape index (κ3) is 2.59. The maximum atomic E-state index is 11.3. The normalized spacial score (nSPS) is 24.1. The number of hydrogen-bond acceptors (Lipinski definition) is 6. The average molecular weight is 245 g/mol. The molecule has 1 aliphatic rings. The third-order valence-electron chi connectivity index (χ3n) is 2.78. The highest BCUT2D eigenvalue weighted by Gasteiger charge is 2.31. The lowest BCUT2D eigenvalue weighted by atomic mass is 10.2. The van der Waals surface area contributed by atoms with Gasteiger partial charge in [0.15, 0.2) is 9.84 Å². The van der Waals surface area contributed by atoms with Crippen molar-refractivity contribution in [2.45, 2.75) is 25.9 Å². The zero-order valence-electron chi connectivity index (χ0n) is 9.38. The summed E-state index contributed by atoms with van der Waals surface area (Å²) in [6.45, 7) is 2.23. The molecule has 0 bridgehead atoms. The Bertz CT molecular complexity index is 468. The van der Waals surface area contributed by atoms with Crippen molar-refractivity contribution >= 4 is 9.84 Å². The zero-order valence-corrected chi connectivity index (χ0v) is 10.2. The first kappa shape index (κ1) is 11.5. The van der Waals surface area contributed by atoms with Crippen LogP contribution in [0.15, 0.2) is 4.42 Å².